The molecule has 2 aromatic carbocycles. The van der Waals surface area contributed by atoms with Crippen molar-refractivity contribution in [1.29, 1.82) is 0 Å². The van der Waals surface area contributed by atoms with Crippen LogP contribution in [0.25, 0.3) is 0 Å². The highest BCUT2D eigenvalue weighted by atomic mass is 35.5. The highest BCUT2D eigenvalue weighted by molar-refractivity contribution is 6.31. The lowest BCUT2D eigenvalue weighted by Crippen LogP contribution is -2.55. The number of carbonyl (C=O) groups excluding carboxylic acids is 4. The van der Waals surface area contributed by atoms with E-state index in [0.717, 1.165) is 13.1 Å². The first-order valence-corrected chi connectivity index (χ1v) is 16.3. The molecule has 0 radical (unpaired) electrons. The number of hydrogen-bond acceptors (Lipinski definition) is 6. The summed E-state index contributed by atoms with van der Waals surface area (Å²) in [6.45, 7) is 10.0. The molecule has 4 rings (SSSR count). The Hall–Kier alpha value is -4.29. The number of carbonyl (C=O) groups is 4. The van der Waals surface area contributed by atoms with Crippen molar-refractivity contribution in [2.45, 2.75) is 64.6 Å². The summed E-state index contributed by atoms with van der Waals surface area (Å²) < 4.78 is 17.2. The van der Waals surface area contributed by atoms with Crippen LogP contribution >= 0.6 is 11.6 Å². The molecule has 3 N–H and O–H groups in total. The van der Waals surface area contributed by atoms with Gasteiger partial charge in [-0.2, -0.15) is 5.10 Å². The summed E-state index contributed by atoms with van der Waals surface area (Å²) in [7, 11) is 1.99. The second kappa shape index (κ2) is 16.0. The molecule has 252 valence electrons. The third kappa shape index (κ3) is 8.55. The van der Waals surface area contributed by atoms with E-state index in [1.54, 1.807) is 62.1 Å². The van der Waals surface area contributed by atoms with Crippen LogP contribution in [0.1, 0.15) is 67.6 Å². The average Bonchev–Trinajstić information content (AvgIpc) is 3.56. The Morgan fingerprint density at radius 1 is 0.936 bits per heavy atom. The van der Waals surface area contributed by atoms with Crippen molar-refractivity contribution >= 4 is 40.9 Å². The number of rotatable bonds is 12. The Labute approximate surface area is 279 Å². The van der Waals surface area contributed by atoms with Crippen LogP contribution in [0.15, 0.2) is 54.7 Å². The fraction of sp³-hybridized carbons (Fsp3) is 0.441. The molecule has 2 unspecified atom stereocenters. The Balaban J connectivity index is 1.57. The van der Waals surface area contributed by atoms with Crippen LogP contribution in [0.3, 0.4) is 0 Å². The molecular formula is C34H43ClFN7O4. The highest BCUT2D eigenvalue weighted by Crippen LogP contribution is 2.29. The van der Waals surface area contributed by atoms with E-state index >= 15 is 4.39 Å². The minimum absolute atomic E-state index is 0.102. The number of aromatic nitrogens is 2. The fourth-order valence-corrected chi connectivity index (χ4v) is 5.96. The number of benzene rings is 2. The van der Waals surface area contributed by atoms with E-state index in [0.29, 0.717) is 35.8 Å². The van der Waals surface area contributed by atoms with Crippen LogP contribution in [0.4, 0.5) is 10.1 Å². The molecule has 1 aliphatic heterocycles. The van der Waals surface area contributed by atoms with Gasteiger partial charge in [0.15, 0.2) is 0 Å². The first-order valence-electron chi connectivity index (χ1n) is 15.9. The maximum atomic E-state index is 15.7. The number of nitrogens with one attached hydrogen (secondary N) is 3. The van der Waals surface area contributed by atoms with Crippen molar-refractivity contribution in [2.75, 3.05) is 38.5 Å². The lowest BCUT2D eigenvalue weighted by atomic mass is 9.91. The predicted molar refractivity (Wildman–Crippen MR) is 179 cm³/mol. The van der Waals surface area contributed by atoms with Gasteiger partial charge in [0.25, 0.3) is 5.91 Å². The normalized spacial score (nSPS) is 16.1. The summed E-state index contributed by atoms with van der Waals surface area (Å²) >= 11 is 6.45. The Bertz CT molecular complexity index is 1590. The van der Waals surface area contributed by atoms with Crippen LogP contribution in [0.5, 0.6) is 0 Å². The third-order valence-corrected chi connectivity index (χ3v) is 9.05. The van der Waals surface area contributed by atoms with E-state index in [9.17, 15) is 19.2 Å². The van der Waals surface area contributed by atoms with Crippen LogP contribution in [-0.4, -0.2) is 88.5 Å². The van der Waals surface area contributed by atoms with Gasteiger partial charge in [-0.1, -0.05) is 56.6 Å². The van der Waals surface area contributed by atoms with E-state index < -0.39 is 41.6 Å². The molecule has 1 fully saturated rings. The smallest absolute Gasteiger partial charge is 0.270 e. The molecular weight excluding hydrogens is 625 g/mol. The molecule has 1 aromatic heterocycles. The summed E-state index contributed by atoms with van der Waals surface area (Å²) in [5.41, 5.74) is 1.28. The first-order chi connectivity index (χ1) is 22.4. The maximum Gasteiger partial charge on any atom is 0.270 e. The Kier molecular flexibility index (Phi) is 12.1. The summed E-state index contributed by atoms with van der Waals surface area (Å²) in [5.74, 6) is -3.54. The van der Waals surface area contributed by atoms with Gasteiger partial charge in [-0.25, -0.2) is 4.39 Å². The largest absolute Gasteiger partial charge is 0.344 e. The number of amides is 4. The van der Waals surface area contributed by atoms with Crippen molar-refractivity contribution in [3.05, 3.63) is 82.4 Å². The molecule has 13 heteroatoms. The zero-order valence-corrected chi connectivity index (χ0v) is 28.2. The second-order valence-electron chi connectivity index (χ2n) is 11.8. The van der Waals surface area contributed by atoms with Crippen molar-refractivity contribution in [1.82, 2.24) is 30.2 Å². The van der Waals surface area contributed by atoms with E-state index in [1.807, 2.05) is 14.0 Å². The van der Waals surface area contributed by atoms with Gasteiger partial charge in [-0.15, -0.1) is 0 Å². The van der Waals surface area contributed by atoms with E-state index in [2.05, 4.69) is 25.9 Å². The number of aryl methyl sites for hydroxylation is 1. The average molecular weight is 668 g/mol. The summed E-state index contributed by atoms with van der Waals surface area (Å²) in [6, 6.07) is 10.8. The lowest BCUT2D eigenvalue weighted by Gasteiger charge is -2.36. The van der Waals surface area contributed by atoms with Crippen molar-refractivity contribution in [3.8, 4) is 0 Å². The number of nitrogens with zero attached hydrogens (tertiary/aromatic N) is 4. The van der Waals surface area contributed by atoms with Crippen molar-refractivity contribution in [2.24, 2.45) is 0 Å². The summed E-state index contributed by atoms with van der Waals surface area (Å²) in [4.78, 5) is 56.9. The molecule has 0 aliphatic carbocycles. The van der Waals surface area contributed by atoms with Gasteiger partial charge >= 0.3 is 0 Å². The molecule has 2 heterocycles. The van der Waals surface area contributed by atoms with Crippen LogP contribution in [0.2, 0.25) is 5.02 Å². The number of anilines is 1. The first kappa shape index (κ1) is 35.6. The predicted octanol–water partition coefficient (Wildman–Crippen LogP) is 4.01. The number of likely N-dealkylation sites (N-methyl/N-ethyl adjacent to an activating group) is 1. The van der Waals surface area contributed by atoms with E-state index in [-0.39, 0.29) is 29.6 Å². The Morgan fingerprint density at radius 2 is 1.64 bits per heavy atom. The van der Waals surface area contributed by atoms with Gasteiger partial charge in [0.2, 0.25) is 17.7 Å². The Morgan fingerprint density at radius 3 is 2.28 bits per heavy atom. The molecule has 11 nitrogen and oxygen atoms in total. The van der Waals surface area contributed by atoms with Crippen molar-refractivity contribution in [3.63, 3.8) is 0 Å². The van der Waals surface area contributed by atoms with Crippen LogP contribution in [0, 0.1) is 5.82 Å². The van der Waals surface area contributed by atoms with Gasteiger partial charge < -0.3 is 25.8 Å². The minimum Gasteiger partial charge on any atom is -0.344 e. The minimum atomic E-state index is -1.13. The van der Waals surface area contributed by atoms with Crippen LogP contribution in [-0.2, 0) is 20.9 Å². The second-order valence-corrected chi connectivity index (χ2v) is 12.2. The molecule has 3 aromatic rings. The summed E-state index contributed by atoms with van der Waals surface area (Å²) in [5, 5.41) is 12.8. The van der Waals surface area contributed by atoms with Gasteiger partial charge in [0, 0.05) is 62.2 Å². The molecule has 47 heavy (non-hydrogen) atoms. The van der Waals surface area contributed by atoms with Gasteiger partial charge in [0.05, 0.1) is 5.69 Å². The zero-order chi connectivity index (χ0) is 34.2. The molecule has 4 amide bonds. The van der Waals surface area contributed by atoms with Gasteiger partial charge in [-0.05, 0) is 49.4 Å². The molecule has 1 aliphatic rings. The SMILES string of the molecule is CCC(=O)N[C@@H](C(=O)N1CCN(C)CC1)[C@@H](C)c1ccc(NC(=O)C(NC(=O)c2ccnn2CC)C(C)c2ccccc2Cl)c(F)c1. The molecule has 0 bridgehead atoms. The van der Waals surface area contributed by atoms with Crippen LogP contribution < -0.4 is 16.0 Å². The van der Waals surface area contributed by atoms with Gasteiger partial charge in [-0.3, -0.25) is 23.9 Å². The third-order valence-electron chi connectivity index (χ3n) is 8.71. The van der Waals surface area contributed by atoms with E-state index in [1.165, 1.54) is 23.0 Å². The monoisotopic (exact) mass is 667 g/mol. The quantitative estimate of drug-likeness (QED) is 0.268. The fourth-order valence-electron chi connectivity index (χ4n) is 5.65. The zero-order valence-electron chi connectivity index (χ0n) is 27.4. The van der Waals surface area contributed by atoms with E-state index in [4.69, 9.17) is 11.6 Å². The molecule has 4 atom stereocenters. The lowest BCUT2D eigenvalue weighted by molar-refractivity contribution is -0.138. The number of hydrogen-bond donors (Lipinski definition) is 3. The maximum absolute atomic E-state index is 15.7. The highest BCUT2D eigenvalue weighted by Gasteiger charge is 2.34. The molecule has 0 spiro atoms. The summed E-state index contributed by atoms with van der Waals surface area (Å²) in [6.07, 6.45) is 1.70. The van der Waals surface area contributed by atoms with Gasteiger partial charge in [0.1, 0.15) is 23.6 Å². The number of piperazine rings is 1. The number of halogens is 2. The standard InChI is InChI=1S/C34H43ClFN7O4/c1-6-29(44)39-31(34(47)42-18-16-41(5)17-19-42)21(3)23-12-13-27(26(36)20-23)38-33(46)30(22(4)24-10-8-9-11-25(24)35)40-32(45)28-14-15-37-43(28)7-2/h8-15,20-22,30-31H,6-7,16-19H2,1-5H3,(H,38,46)(H,39,44)(H,40,45)/t21-,22?,30?,31+/m0/s1. The molecule has 0 saturated carbocycles. The van der Waals surface area contributed by atoms with Crippen molar-refractivity contribution < 1.29 is 23.6 Å². The topological polar surface area (TPSA) is 129 Å². The molecule has 1 saturated heterocycles.